The minimum Gasteiger partial charge on any atom is -0.389 e. The molecular formula is C10H10BrN3S. The predicted octanol–water partition coefficient (Wildman–Crippen LogP) is 3.54. The number of rotatable bonds is 2. The van der Waals surface area contributed by atoms with E-state index in [1.807, 2.05) is 25.1 Å². The van der Waals surface area contributed by atoms with Gasteiger partial charge >= 0.3 is 0 Å². The summed E-state index contributed by atoms with van der Waals surface area (Å²) < 4.78 is 1.05. The Bertz CT molecular complexity index is 481. The second kappa shape index (κ2) is 4.20. The molecule has 0 aliphatic rings. The number of aromatic nitrogens is 1. The van der Waals surface area contributed by atoms with Crippen molar-refractivity contribution in [1.82, 2.24) is 4.98 Å². The zero-order valence-corrected chi connectivity index (χ0v) is 10.5. The maximum atomic E-state index is 5.60. The number of benzene rings is 1. The van der Waals surface area contributed by atoms with Crippen molar-refractivity contribution in [3.05, 3.63) is 34.4 Å². The monoisotopic (exact) mass is 283 g/mol. The highest BCUT2D eigenvalue weighted by Crippen LogP contribution is 2.30. The van der Waals surface area contributed by atoms with Crippen molar-refractivity contribution in [3.63, 3.8) is 0 Å². The zero-order chi connectivity index (χ0) is 10.8. The first-order valence-corrected chi connectivity index (χ1v) is 6.01. The molecule has 0 amide bonds. The summed E-state index contributed by atoms with van der Waals surface area (Å²) in [5.74, 6) is 0. The van der Waals surface area contributed by atoms with Gasteiger partial charge in [0.25, 0.3) is 0 Å². The normalized spacial score (nSPS) is 10.3. The van der Waals surface area contributed by atoms with Crippen molar-refractivity contribution in [1.29, 1.82) is 0 Å². The lowest BCUT2D eigenvalue weighted by Crippen LogP contribution is -1.91. The van der Waals surface area contributed by atoms with Crippen LogP contribution in [0.25, 0.3) is 0 Å². The molecule has 1 aromatic carbocycles. The van der Waals surface area contributed by atoms with E-state index in [9.17, 15) is 0 Å². The molecule has 0 atom stereocenters. The van der Waals surface area contributed by atoms with Crippen molar-refractivity contribution in [2.45, 2.75) is 6.92 Å². The van der Waals surface area contributed by atoms with Crippen LogP contribution in [0.1, 0.15) is 5.56 Å². The van der Waals surface area contributed by atoms with Crippen molar-refractivity contribution >= 4 is 43.1 Å². The largest absolute Gasteiger partial charge is 0.389 e. The molecule has 15 heavy (non-hydrogen) atoms. The van der Waals surface area contributed by atoms with E-state index in [0.717, 1.165) is 15.3 Å². The van der Waals surface area contributed by atoms with Gasteiger partial charge < -0.3 is 11.1 Å². The Labute approximate surface area is 100 Å². The minimum atomic E-state index is 0.710. The van der Waals surface area contributed by atoms with Gasteiger partial charge in [-0.25, -0.2) is 4.98 Å². The molecule has 0 spiro atoms. The first kappa shape index (κ1) is 10.4. The van der Waals surface area contributed by atoms with Crippen LogP contribution in [-0.4, -0.2) is 4.98 Å². The third-order valence-corrected chi connectivity index (χ3v) is 3.75. The van der Waals surface area contributed by atoms with Crippen LogP contribution in [0.4, 0.5) is 15.8 Å². The van der Waals surface area contributed by atoms with Crippen molar-refractivity contribution < 1.29 is 0 Å². The molecule has 1 aromatic heterocycles. The van der Waals surface area contributed by atoms with Gasteiger partial charge in [0, 0.05) is 4.47 Å². The van der Waals surface area contributed by atoms with Gasteiger partial charge in [-0.2, -0.15) is 0 Å². The van der Waals surface area contributed by atoms with Gasteiger partial charge in [0.15, 0.2) is 5.13 Å². The van der Waals surface area contributed by atoms with Crippen LogP contribution in [0.3, 0.4) is 0 Å². The minimum absolute atomic E-state index is 0.710. The molecule has 5 heteroatoms. The maximum absolute atomic E-state index is 5.60. The summed E-state index contributed by atoms with van der Waals surface area (Å²) in [7, 11) is 0. The van der Waals surface area contributed by atoms with Gasteiger partial charge in [-0.1, -0.05) is 23.5 Å². The third kappa shape index (κ3) is 2.30. The molecule has 3 nitrogen and oxygen atoms in total. The van der Waals surface area contributed by atoms with Gasteiger partial charge in [0.1, 0.15) is 5.00 Å². The van der Waals surface area contributed by atoms with Crippen LogP contribution in [0.5, 0.6) is 0 Å². The molecule has 78 valence electrons. The molecule has 3 N–H and O–H groups in total. The lowest BCUT2D eigenvalue weighted by Gasteiger charge is -2.06. The highest BCUT2D eigenvalue weighted by Gasteiger charge is 2.04. The van der Waals surface area contributed by atoms with Crippen LogP contribution in [0, 0.1) is 6.92 Å². The van der Waals surface area contributed by atoms with Crippen LogP contribution in [0.15, 0.2) is 28.9 Å². The Hall–Kier alpha value is -1.07. The summed E-state index contributed by atoms with van der Waals surface area (Å²) in [5.41, 5.74) is 7.79. The van der Waals surface area contributed by atoms with E-state index in [2.05, 4.69) is 26.2 Å². The molecule has 0 bridgehead atoms. The molecule has 0 unspecified atom stereocenters. The Morgan fingerprint density at radius 1 is 1.47 bits per heavy atom. The molecule has 1 heterocycles. The average Bonchev–Trinajstić information content (AvgIpc) is 2.59. The third-order valence-electron chi connectivity index (χ3n) is 1.96. The van der Waals surface area contributed by atoms with Crippen LogP contribution in [0.2, 0.25) is 0 Å². The van der Waals surface area contributed by atoms with Crippen LogP contribution in [-0.2, 0) is 0 Å². The Balaban J connectivity index is 2.28. The van der Waals surface area contributed by atoms with E-state index >= 15 is 0 Å². The second-order valence-corrected chi connectivity index (χ2v) is 4.98. The quantitative estimate of drug-likeness (QED) is 0.886. The fraction of sp³-hybridized carbons (Fsp3) is 0.100. The van der Waals surface area contributed by atoms with E-state index in [4.69, 9.17) is 5.73 Å². The van der Waals surface area contributed by atoms with Gasteiger partial charge in [0.05, 0.1) is 11.9 Å². The Morgan fingerprint density at radius 3 is 2.93 bits per heavy atom. The number of thiazole rings is 1. The summed E-state index contributed by atoms with van der Waals surface area (Å²) in [6.07, 6.45) is 1.65. The van der Waals surface area contributed by atoms with E-state index in [1.165, 1.54) is 16.9 Å². The van der Waals surface area contributed by atoms with Crippen LogP contribution >= 0.6 is 27.3 Å². The number of nitrogen functional groups attached to an aromatic ring is 1. The number of anilines is 3. The summed E-state index contributed by atoms with van der Waals surface area (Å²) in [4.78, 5) is 4.14. The maximum Gasteiger partial charge on any atom is 0.189 e. The van der Waals surface area contributed by atoms with Crippen LogP contribution < -0.4 is 11.1 Å². The zero-order valence-electron chi connectivity index (χ0n) is 8.12. The number of nitrogens with one attached hydrogen (secondary N) is 1. The molecule has 0 radical (unpaired) electrons. The molecule has 0 saturated heterocycles. The van der Waals surface area contributed by atoms with E-state index in [-0.39, 0.29) is 0 Å². The summed E-state index contributed by atoms with van der Waals surface area (Å²) in [5, 5.41) is 4.73. The van der Waals surface area contributed by atoms with E-state index in [0.29, 0.717) is 5.00 Å². The van der Waals surface area contributed by atoms with Crippen molar-refractivity contribution in [3.8, 4) is 0 Å². The van der Waals surface area contributed by atoms with E-state index in [1.54, 1.807) is 6.20 Å². The summed E-state index contributed by atoms with van der Waals surface area (Å²) in [6.45, 7) is 2.05. The van der Waals surface area contributed by atoms with Gasteiger partial charge in [-0.3, -0.25) is 0 Å². The lowest BCUT2D eigenvalue weighted by atomic mass is 10.2. The number of nitrogens with two attached hydrogens (primary N) is 1. The summed E-state index contributed by atoms with van der Waals surface area (Å²) >= 11 is 4.96. The first-order valence-electron chi connectivity index (χ1n) is 4.40. The summed E-state index contributed by atoms with van der Waals surface area (Å²) in [6, 6.07) is 6.04. The smallest absolute Gasteiger partial charge is 0.189 e. The fourth-order valence-corrected chi connectivity index (χ4v) is 2.16. The topological polar surface area (TPSA) is 50.9 Å². The first-order chi connectivity index (χ1) is 7.16. The molecule has 2 rings (SSSR count). The molecule has 2 aromatic rings. The molecule has 0 fully saturated rings. The molecular weight excluding hydrogens is 274 g/mol. The average molecular weight is 284 g/mol. The standard InChI is InChI=1S/C10H10BrN3S/c1-6-3-2-4-7(9(6)11)14-10-13-5-8(12)15-10/h2-5H,12H2,1H3,(H,13,14). The molecule has 0 aliphatic heterocycles. The number of halogens is 1. The van der Waals surface area contributed by atoms with Crippen molar-refractivity contribution in [2.75, 3.05) is 11.1 Å². The highest BCUT2D eigenvalue weighted by atomic mass is 79.9. The second-order valence-electron chi connectivity index (χ2n) is 3.13. The number of hydrogen-bond donors (Lipinski definition) is 2. The highest BCUT2D eigenvalue weighted by molar-refractivity contribution is 9.10. The number of hydrogen-bond acceptors (Lipinski definition) is 4. The number of nitrogens with zero attached hydrogens (tertiary/aromatic N) is 1. The lowest BCUT2D eigenvalue weighted by molar-refractivity contribution is 1.36. The molecule has 0 aliphatic carbocycles. The number of aryl methyl sites for hydroxylation is 1. The van der Waals surface area contributed by atoms with Crippen molar-refractivity contribution in [2.24, 2.45) is 0 Å². The van der Waals surface area contributed by atoms with Gasteiger partial charge in [0.2, 0.25) is 0 Å². The van der Waals surface area contributed by atoms with Gasteiger partial charge in [-0.15, -0.1) is 0 Å². The fourth-order valence-electron chi connectivity index (χ4n) is 1.20. The Morgan fingerprint density at radius 2 is 2.27 bits per heavy atom. The SMILES string of the molecule is Cc1cccc(Nc2ncc(N)s2)c1Br. The Kier molecular flexibility index (Phi) is 2.93. The molecule has 0 saturated carbocycles. The van der Waals surface area contributed by atoms with Gasteiger partial charge in [-0.05, 0) is 34.5 Å². The van der Waals surface area contributed by atoms with E-state index < -0.39 is 0 Å². The predicted molar refractivity (Wildman–Crippen MR) is 68.7 cm³/mol.